The van der Waals surface area contributed by atoms with Gasteiger partial charge in [-0.1, -0.05) is 24.3 Å². The number of hydrogen-bond donors (Lipinski definition) is 2. The quantitative estimate of drug-likeness (QED) is 0.554. The minimum Gasteiger partial charge on any atom is -0.491 e. The number of methoxy groups -OCH3 is 1. The average Bonchev–Trinajstić information content (AvgIpc) is 2.64. The molecule has 0 saturated heterocycles. The summed E-state index contributed by atoms with van der Waals surface area (Å²) >= 11 is 0. The number of hydrogen-bond acceptors (Lipinski definition) is 4. The highest BCUT2D eigenvalue weighted by Crippen LogP contribution is 2.17. The van der Waals surface area contributed by atoms with Gasteiger partial charge in [0.2, 0.25) is 5.91 Å². The van der Waals surface area contributed by atoms with E-state index in [1.165, 1.54) is 6.92 Å². The standard InChI is InChI=1S/C21H24N2O4/c1-15-6-4-5-7-17(15)14-20(22-16(2)24)21(25)23-18-8-10-19(11-9-18)27-13-12-26-3/h4-11,14H,12-13H2,1-3H3,(H,22,24)(H,23,25)/b20-14+. The summed E-state index contributed by atoms with van der Waals surface area (Å²) in [5.74, 6) is -0.0315. The number of carbonyl (C=O) groups excluding carboxylic acids is 2. The second-order valence-corrected chi connectivity index (χ2v) is 5.92. The van der Waals surface area contributed by atoms with E-state index >= 15 is 0 Å². The fraction of sp³-hybridized carbons (Fsp3) is 0.238. The molecule has 27 heavy (non-hydrogen) atoms. The van der Waals surface area contributed by atoms with Crippen LogP contribution >= 0.6 is 0 Å². The van der Waals surface area contributed by atoms with Crippen molar-refractivity contribution in [2.45, 2.75) is 13.8 Å². The molecule has 0 unspecified atom stereocenters. The molecular formula is C21H24N2O4. The molecule has 0 saturated carbocycles. The second-order valence-electron chi connectivity index (χ2n) is 5.92. The zero-order valence-corrected chi connectivity index (χ0v) is 15.7. The van der Waals surface area contributed by atoms with Gasteiger partial charge in [-0.05, 0) is 48.4 Å². The van der Waals surface area contributed by atoms with Crippen LogP contribution in [0.4, 0.5) is 5.69 Å². The molecule has 0 atom stereocenters. The Morgan fingerprint density at radius 3 is 2.37 bits per heavy atom. The minimum absolute atomic E-state index is 0.178. The molecule has 142 valence electrons. The lowest BCUT2D eigenvalue weighted by molar-refractivity contribution is -0.120. The van der Waals surface area contributed by atoms with Crippen LogP contribution in [0.5, 0.6) is 5.75 Å². The van der Waals surface area contributed by atoms with Gasteiger partial charge in [-0.15, -0.1) is 0 Å². The number of ether oxygens (including phenoxy) is 2. The maximum Gasteiger partial charge on any atom is 0.272 e. The highest BCUT2D eigenvalue weighted by molar-refractivity contribution is 6.08. The Hall–Kier alpha value is -3.12. The highest BCUT2D eigenvalue weighted by Gasteiger charge is 2.12. The molecule has 0 aromatic heterocycles. The number of nitrogens with one attached hydrogen (secondary N) is 2. The molecule has 0 fully saturated rings. The van der Waals surface area contributed by atoms with E-state index in [2.05, 4.69) is 10.6 Å². The first kappa shape index (κ1) is 20.2. The fourth-order valence-corrected chi connectivity index (χ4v) is 2.33. The van der Waals surface area contributed by atoms with Crippen LogP contribution in [0.3, 0.4) is 0 Å². The normalized spacial score (nSPS) is 11.0. The van der Waals surface area contributed by atoms with E-state index in [1.54, 1.807) is 37.5 Å². The summed E-state index contributed by atoms with van der Waals surface area (Å²) in [6.45, 7) is 4.26. The zero-order chi connectivity index (χ0) is 19.6. The smallest absolute Gasteiger partial charge is 0.272 e. The lowest BCUT2D eigenvalue weighted by Gasteiger charge is -2.11. The number of carbonyl (C=O) groups is 2. The van der Waals surface area contributed by atoms with Gasteiger partial charge in [-0.2, -0.15) is 0 Å². The van der Waals surface area contributed by atoms with Crippen molar-refractivity contribution in [3.63, 3.8) is 0 Å². The van der Waals surface area contributed by atoms with E-state index in [1.807, 2.05) is 31.2 Å². The van der Waals surface area contributed by atoms with Gasteiger partial charge in [0.15, 0.2) is 0 Å². The van der Waals surface area contributed by atoms with Crippen molar-refractivity contribution in [2.24, 2.45) is 0 Å². The van der Waals surface area contributed by atoms with Gasteiger partial charge in [-0.3, -0.25) is 9.59 Å². The predicted octanol–water partition coefficient (Wildman–Crippen LogP) is 3.14. The molecule has 6 heteroatoms. The Morgan fingerprint density at radius 1 is 1.04 bits per heavy atom. The fourth-order valence-electron chi connectivity index (χ4n) is 2.33. The highest BCUT2D eigenvalue weighted by atomic mass is 16.5. The van der Waals surface area contributed by atoms with Gasteiger partial charge in [0.25, 0.3) is 5.91 Å². The third-order valence-electron chi connectivity index (χ3n) is 3.71. The van der Waals surface area contributed by atoms with Crippen LogP contribution in [0.1, 0.15) is 18.1 Å². The SMILES string of the molecule is COCCOc1ccc(NC(=O)/C(=C\c2ccccc2C)NC(C)=O)cc1. The van der Waals surface area contributed by atoms with Crippen molar-refractivity contribution >= 4 is 23.6 Å². The molecule has 2 rings (SSSR count). The Bertz CT molecular complexity index is 813. The molecule has 0 aliphatic carbocycles. The van der Waals surface area contributed by atoms with Crippen LogP contribution in [-0.4, -0.2) is 32.1 Å². The Labute approximate surface area is 159 Å². The lowest BCUT2D eigenvalue weighted by Crippen LogP contribution is -2.29. The molecule has 2 aromatic rings. The van der Waals surface area contributed by atoms with E-state index in [0.717, 1.165) is 11.1 Å². The molecule has 0 radical (unpaired) electrons. The van der Waals surface area contributed by atoms with E-state index in [0.29, 0.717) is 24.7 Å². The summed E-state index contributed by atoms with van der Waals surface area (Å²) in [5.41, 5.74) is 2.64. The number of aryl methyl sites for hydroxylation is 1. The average molecular weight is 368 g/mol. The van der Waals surface area contributed by atoms with Gasteiger partial charge < -0.3 is 20.1 Å². The van der Waals surface area contributed by atoms with Crippen LogP contribution in [0.25, 0.3) is 6.08 Å². The van der Waals surface area contributed by atoms with Crippen LogP contribution < -0.4 is 15.4 Å². The van der Waals surface area contributed by atoms with Crippen LogP contribution in [0.2, 0.25) is 0 Å². The van der Waals surface area contributed by atoms with Crippen molar-refractivity contribution in [3.05, 3.63) is 65.4 Å². The minimum atomic E-state index is -0.401. The molecule has 0 heterocycles. The molecule has 2 aromatic carbocycles. The lowest BCUT2D eigenvalue weighted by atomic mass is 10.1. The second kappa shape index (κ2) is 10.1. The molecular weight excluding hydrogens is 344 g/mol. The molecule has 2 amide bonds. The summed E-state index contributed by atoms with van der Waals surface area (Å²) in [7, 11) is 1.61. The van der Waals surface area contributed by atoms with E-state index in [-0.39, 0.29) is 11.6 Å². The zero-order valence-electron chi connectivity index (χ0n) is 15.7. The van der Waals surface area contributed by atoms with Crippen LogP contribution in [0.15, 0.2) is 54.2 Å². The largest absolute Gasteiger partial charge is 0.491 e. The first-order valence-electron chi connectivity index (χ1n) is 8.57. The topological polar surface area (TPSA) is 76.7 Å². The Kier molecular flexibility index (Phi) is 7.58. The molecule has 6 nitrogen and oxygen atoms in total. The molecule has 2 N–H and O–H groups in total. The first-order chi connectivity index (χ1) is 13.0. The van der Waals surface area contributed by atoms with E-state index in [4.69, 9.17) is 9.47 Å². The number of benzene rings is 2. The summed E-state index contributed by atoms with van der Waals surface area (Å²) < 4.78 is 10.4. The van der Waals surface area contributed by atoms with Crippen molar-refractivity contribution in [1.82, 2.24) is 5.32 Å². The van der Waals surface area contributed by atoms with E-state index < -0.39 is 5.91 Å². The van der Waals surface area contributed by atoms with Crippen LogP contribution in [0, 0.1) is 6.92 Å². The van der Waals surface area contributed by atoms with Gasteiger partial charge in [0.1, 0.15) is 18.1 Å². The summed E-state index contributed by atoms with van der Waals surface area (Å²) in [6.07, 6.45) is 1.66. The maximum atomic E-state index is 12.6. The summed E-state index contributed by atoms with van der Waals surface area (Å²) in [6, 6.07) is 14.6. The van der Waals surface area contributed by atoms with Crippen molar-refractivity contribution in [3.8, 4) is 5.75 Å². The summed E-state index contributed by atoms with van der Waals surface area (Å²) in [5, 5.41) is 5.37. The number of amides is 2. The van der Waals surface area contributed by atoms with Gasteiger partial charge in [0.05, 0.1) is 6.61 Å². The molecule has 0 spiro atoms. The molecule has 0 aliphatic rings. The molecule has 0 bridgehead atoms. The Balaban J connectivity index is 2.12. The van der Waals surface area contributed by atoms with Gasteiger partial charge >= 0.3 is 0 Å². The maximum absolute atomic E-state index is 12.6. The summed E-state index contributed by atoms with van der Waals surface area (Å²) in [4.78, 5) is 24.1. The van der Waals surface area contributed by atoms with Gasteiger partial charge in [0, 0.05) is 19.7 Å². The van der Waals surface area contributed by atoms with Crippen molar-refractivity contribution in [2.75, 3.05) is 25.6 Å². The van der Waals surface area contributed by atoms with Gasteiger partial charge in [-0.25, -0.2) is 0 Å². The first-order valence-corrected chi connectivity index (χ1v) is 8.57. The van der Waals surface area contributed by atoms with Crippen molar-refractivity contribution in [1.29, 1.82) is 0 Å². The molecule has 0 aliphatic heterocycles. The van der Waals surface area contributed by atoms with Crippen molar-refractivity contribution < 1.29 is 19.1 Å². The number of anilines is 1. The monoisotopic (exact) mass is 368 g/mol. The van der Waals surface area contributed by atoms with Crippen LogP contribution in [-0.2, 0) is 14.3 Å². The third kappa shape index (κ3) is 6.60. The van der Waals surface area contributed by atoms with E-state index in [9.17, 15) is 9.59 Å². The third-order valence-corrected chi connectivity index (χ3v) is 3.71. The Morgan fingerprint density at radius 2 is 1.74 bits per heavy atom. The number of rotatable bonds is 8. The predicted molar refractivity (Wildman–Crippen MR) is 105 cm³/mol.